The number of nitrogens with two attached hydrogens (primary N) is 1. The fourth-order valence-electron chi connectivity index (χ4n) is 2.01. The molecule has 1 aliphatic heterocycles. The number of rotatable bonds is 2. The summed E-state index contributed by atoms with van der Waals surface area (Å²) in [5, 5.41) is 0.347. The van der Waals surface area contributed by atoms with E-state index in [1.54, 1.807) is 17.0 Å². The SMILES string of the molecule is CC1(C)CN(C(=O)c2nc(NN)ccc2Cl)CCS1. The first kappa shape index (κ1) is 14.4. The van der Waals surface area contributed by atoms with E-state index in [2.05, 4.69) is 24.3 Å². The number of carbonyl (C=O) groups is 1. The van der Waals surface area contributed by atoms with E-state index in [9.17, 15) is 4.79 Å². The molecule has 1 saturated heterocycles. The van der Waals surface area contributed by atoms with Crippen molar-refractivity contribution >= 4 is 35.1 Å². The fourth-order valence-corrected chi connectivity index (χ4v) is 3.31. The van der Waals surface area contributed by atoms with Crippen molar-refractivity contribution in [1.82, 2.24) is 9.88 Å². The number of anilines is 1. The molecular formula is C12H17ClN4OS. The van der Waals surface area contributed by atoms with Crippen molar-refractivity contribution in [2.75, 3.05) is 24.3 Å². The summed E-state index contributed by atoms with van der Waals surface area (Å²) < 4.78 is 0.0596. The summed E-state index contributed by atoms with van der Waals surface area (Å²) in [7, 11) is 0. The highest BCUT2D eigenvalue weighted by Crippen LogP contribution is 2.30. The van der Waals surface area contributed by atoms with Gasteiger partial charge in [0.05, 0.1) is 5.02 Å². The predicted octanol–water partition coefficient (Wildman–Crippen LogP) is 1.99. The third-order valence-electron chi connectivity index (χ3n) is 2.91. The molecule has 1 fully saturated rings. The highest BCUT2D eigenvalue weighted by molar-refractivity contribution is 8.00. The molecule has 5 nitrogen and oxygen atoms in total. The van der Waals surface area contributed by atoms with Crippen LogP contribution in [0.5, 0.6) is 0 Å². The number of amides is 1. The largest absolute Gasteiger partial charge is 0.335 e. The summed E-state index contributed by atoms with van der Waals surface area (Å²) in [6, 6.07) is 3.26. The smallest absolute Gasteiger partial charge is 0.274 e. The lowest BCUT2D eigenvalue weighted by atomic mass is 10.1. The van der Waals surface area contributed by atoms with Crippen LogP contribution in [0.1, 0.15) is 24.3 Å². The van der Waals surface area contributed by atoms with Gasteiger partial charge in [-0.15, -0.1) is 0 Å². The lowest BCUT2D eigenvalue weighted by Gasteiger charge is -2.37. The first-order valence-electron chi connectivity index (χ1n) is 5.99. The van der Waals surface area contributed by atoms with E-state index in [1.807, 2.05) is 11.8 Å². The van der Waals surface area contributed by atoms with E-state index in [1.165, 1.54) is 0 Å². The minimum Gasteiger partial charge on any atom is -0.335 e. The number of hydrazine groups is 1. The molecule has 1 aromatic heterocycles. The zero-order valence-corrected chi connectivity index (χ0v) is 12.5. The highest BCUT2D eigenvalue weighted by Gasteiger charge is 2.31. The van der Waals surface area contributed by atoms with Crippen LogP contribution in [0, 0.1) is 0 Å². The van der Waals surface area contributed by atoms with Crippen LogP contribution in [-0.4, -0.2) is 39.4 Å². The summed E-state index contributed by atoms with van der Waals surface area (Å²) in [5.74, 6) is 6.51. The normalized spacial score (nSPS) is 18.2. The van der Waals surface area contributed by atoms with E-state index in [0.29, 0.717) is 23.9 Å². The fraction of sp³-hybridized carbons (Fsp3) is 0.500. The predicted molar refractivity (Wildman–Crippen MR) is 79.5 cm³/mol. The number of nitrogens with zero attached hydrogens (tertiary/aromatic N) is 2. The van der Waals surface area contributed by atoms with Crippen molar-refractivity contribution in [1.29, 1.82) is 0 Å². The molecule has 2 heterocycles. The van der Waals surface area contributed by atoms with E-state index in [4.69, 9.17) is 17.4 Å². The molecule has 19 heavy (non-hydrogen) atoms. The molecule has 1 aliphatic rings. The van der Waals surface area contributed by atoms with Crippen LogP contribution in [0.15, 0.2) is 12.1 Å². The lowest BCUT2D eigenvalue weighted by Crippen LogP contribution is -2.46. The lowest BCUT2D eigenvalue weighted by molar-refractivity contribution is 0.0742. The topological polar surface area (TPSA) is 71.2 Å². The van der Waals surface area contributed by atoms with Gasteiger partial charge in [-0.25, -0.2) is 10.8 Å². The van der Waals surface area contributed by atoms with Crippen LogP contribution in [-0.2, 0) is 0 Å². The molecule has 0 radical (unpaired) electrons. The number of nitrogens with one attached hydrogen (secondary N) is 1. The van der Waals surface area contributed by atoms with Crippen LogP contribution in [0.4, 0.5) is 5.82 Å². The van der Waals surface area contributed by atoms with Gasteiger partial charge in [0.25, 0.3) is 5.91 Å². The summed E-state index contributed by atoms with van der Waals surface area (Å²) in [6.07, 6.45) is 0. The van der Waals surface area contributed by atoms with Crippen LogP contribution in [0.2, 0.25) is 5.02 Å². The van der Waals surface area contributed by atoms with E-state index >= 15 is 0 Å². The van der Waals surface area contributed by atoms with Crippen molar-refractivity contribution in [2.24, 2.45) is 5.84 Å². The van der Waals surface area contributed by atoms with Crippen LogP contribution >= 0.6 is 23.4 Å². The maximum Gasteiger partial charge on any atom is 0.274 e. The molecule has 0 atom stereocenters. The number of hydrogen-bond acceptors (Lipinski definition) is 5. The number of halogens is 1. The quantitative estimate of drug-likeness (QED) is 0.645. The minimum absolute atomic E-state index is 0.0596. The number of thioether (sulfide) groups is 1. The highest BCUT2D eigenvalue weighted by atomic mass is 35.5. The molecule has 0 bridgehead atoms. The Morgan fingerprint density at radius 3 is 2.95 bits per heavy atom. The maximum atomic E-state index is 12.5. The maximum absolute atomic E-state index is 12.5. The second kappa shape index (κ2) is 5.56. The van der Waals surface area contributed by atoms with Gasteiger partial charge in [0, 0.05) is 23.6 Å². The van der Waals surface area contributed by atoms with Crippen molar-refractivity contribution in [3.63, 3.8) is 0 Å². The standard InChI is InChI=1S/C12H17ClN4OS/c1-12(2)7-17(5-6-19-12)11(18)10-8(13)3-4-9(15-10)16-14/h3-4H,5-7,14H2,1-2H3,(H,15,16). The van der Waals surface area contributed by atoms with Gasteiger partial charge >= 0.3 is 0 Å². The van der Waals surface area contributed by atoms with Gasteiger partial charge in [0.15, 0.2) is 0 Å². The Hall–Kier alpha value is -0.980. The average molecular weight is 301 g/mol. The number of nitrogen functional groups attached to an aromatic ring is 1. The van der Waals surface area contributed by atoms with Crippen molar-refractivity contribution in [3.8, 4) is 0 Å². The number of pyridine rings is 1. The number of carbonyl (C=O) groups excluding carboxylic acids is 1. The molecule has 7 heteroatoms. The van der Waals surface area contributed by atoms with Crippen LogP contribution in [0.25, 0.3) is 0 Å². The zero-order valence-electron chi connectivity index (χ0n) is 10.9. The third-order valence-corrected chi connectivity index (χ3v) is 4.51. The number of hydrogen-bond donors (Lipinski definition) is 2. The molecule has 3 N–H and O–H groups in total. The molecule has 0 saturated carbocycles. The van der Waals surface area contributed by atoms with Crippen LogP contribution in [0.3, 0.4) is 0 Å². The molecule has 0 spiro atoms. The molecule has 104 valence electrons. The van der Waals surface area contributed by atoms with Crippen molar-refractivity contribution < 1.29 is 4.79 Å². The van der Waals surface area contributed by atoms with Crippen molar-refractivity contribution in [2.45, 2.75) is 18.6 Å². The van der Waals surface area contributed by atoms with Gasteiger partial charge in [-0.05, 0) is 26.0 Å². The monoisotopic (exact) mass is 300 g/mol. The second-order valence-electron chi connectivity index (χ2n) is 5.01. The average Bonchev–Trinajstić information content (AvgIpc) is 2.37. The Kier molecular flexibility index (Phi) is 4.23. The zero-order chi connectivity index (χ0) is 14.0. The van der Waals surface area contributed by atoms with Gasteiger partial charge in [0.2, 0.25) is 0 Å². The molecule has 1 aromatic rings. The van der Waals surface area contributed by atoms with E-state index in [0.717, 1.165) is 5.75 Å². The summed E-state index contributed by atoms with van der Waals surface area (Å²) in [5.41, 5.74) is 2.67. The van der Waals surface area contributed by atoms with E-state index < -0.39 is 0 Å². The van der Waals surface area contributed by atoms with Crippen molar-refractivity contribution in [3.05, 3.63) is 22.8 Å². The van der Waals surface area contributed by atoms with E-state index in [-0.39, 0.29) is 16.3 Å². The minimum atomic E-state index is -0.143. The van der Waals surface area contributed by atoms with Gasteiger partial charge in [-0.1, -0.05) is 11.6 Å². The first-order valence-corrected chi connectivity index (χ1v) is 7.36. The Morgan fingerprint density at radius 2 is 2.32 bits per heavy atom. The third kappa shape index (κ3) is 3.32. The Balaban J connectivity index is 2.24. The van der Waals surface area contributed by atoms with Gasteiger partial charge in [-0.3, -0.25) is 4.79 Å². The Labute approximate surface area is 121 Å². The summed E-state index contributed by atoms with van der Waals surface area (Å²) >= 11 is 7.92. The van der Waals surface area contributed by atoms with Gasteiger partial charge in [-0.2, -0.15) is 11.8 Å². The molecule has 2 rings (SSSR count). The molecule has 0 aromatic carbocycles. The Morgan fingerprint density at radius 1 is 1.58 bits per heavy atom. The second-order valence-corrected chi connectivity index (χ2v) is 7.22. The molecular weight excluding hydrogens is 284 g/mol. The van der Waals surface area contributed by atoms with Gasteiger partial charge in [0.1, 0.15) is 11.5 Å². The molecule has 0 aliphatic carbocycles. The number of aromatic nitrogens is 1. The van der Waals surface area contributed by atoms with Gasteiger partial charge < -0.3 is 10.3 Å². The summed E-state index contributed by atoms with van der Waals surface area (Å²) in [4.78, 5) is 18.4. The Bertz CT molecular complexity index is 495. The molecule has 1 amide bonds. The first-order chi connectivity index (χ1) is 8.93. The molecule has 0 unspecified atom stereocenters. The van der Waals surface area contributed by atoms with Crippen LogP contribution < -0.4 is 11.3 Å². The summed E-state index contributed by atoms with van der Waals surface area (Å²) in [6.45, 7) is 5.66.